The molecule has 0 saturated carbocycles. The number of hydrogen-bond acceptors (Lipinski definition) is 8. The number of carbonyl (C=O) groups is 2. The number of likely N-dealkylation sites (N-methyl/N-ethyl adjacent to an activating group) is 1. The van der Waals surface area contributed by atoms with E-state index in [2.05, 4.69) is 86.8 Å². The number of esters is 2. The maximum Gasteiger partial charge on any atom is 0.472 e. The lowest BCUT2D eigenvalue weighted by Crippen LogP contribution is -2.29. The molecule has 0 rings (SSSR count). The fraction of sp³-hybridized carbons (Fsp3) is 0.736. The molecule has 0 aliphatic heterocycles. The van der Waals surface area contributed by atoms with Crippen molar-refractivity contribution in [2.75, 3.05) is 40.5 Å². The average molecular weight is 904 g/mol. The molecule has 2 unspecified atom stereocenters. The maximum atomic E-state index is 12.7. The van der Waals surface area contributed by atoms with Crippen molar-refractivity contribution in [1.82, 2.24) is 4.90 Å². The van der Waals surface area contributed by atoms with Gasteiger partial charge in [-0.2, -0.15) is 0 Å². The summed E-state index contributed by atoms with van der Waals surface area (Å²) in [5.74, 6) is -0.841. The Kier molecular flexibility index (Phi) is 45.5. The molecular formula is C53H94NO8P. The van der Waals surface area contributed by atoms with Gasteiger partial charge in [0.05, 0.1) is 13.2 Å². The van der Waals surface area contributed by atoms with Gasteiger partial charge < -0.3 is 19.3 Å². The van der Waals surface area contributed by atoms with E-state index in [1.54, 1.807) is 0 Å². The van der Waals surface area contributed by atoms with E-state index in [4.69, 9.17) is 18.5 Å². The summed E-state index contributed by atoms with van der Waals surface area (Å²) >= 11 is 0. The molecule has 0 aliphatic carbocycles. The first kappa shape index (κ1) is 60.5. The number of ether oxygens (including phenoxy) is 2. The number of nitrogens with zero attached hydrogens (tertiary/aromatic N) is 1. The molecule has 0 fully saturated rings. The Balaban J connectivity index is 4.25. The second-order valence-corrected chi connectivity index (χ2v) is 18.4. The van der Waals surface area contributed by atoms with Gasteiger partial charge in [-0.25, -0.2) is 4.57 Å². The molecule has 0 amide bonds. The van der Waals surface area contributed by atoms with E-state index >= 15 is 0 Å². The summed E-state index contributed by atoms with van der Waals surface area (Å²) in [5, 5.41) is 0. The summed E-state index contributed by atoms with van der Waals surface area (Å²) in [6, 6.07) is 0. The third-order valence-electron chi connectivity index (χ3n) is 10.5. The van der Waals surface area contributed by atoms with Gasteiger partial charge in [0.15, 0.2) is 6.10 Å². The molecule has 1 N–H and O–H groups in total. The molecular weight excluding hydrogens is 810 g/mol. The number of phosphoric ester groups is 1. The maximum absolute atomic E-state index is 12.7. The molecule has 0 heterocycles. The number of hydrogen-bond donors (Lipinski definition) is 1. The van der Waals surface area contributed by atoms with Crippen LogP contribution >= 0.6 is 7.82 Å². The van der Waals surface area contributed by atoms with Gasteiger partial charge in [-0.1, -0.05) is 183 Å². The quantitative estimate of drug-likeness (QED) is 0.0276. The second-order valence-electron chi connectivity index (χ2n) is 17.0. The van der Waals surface area contributed by atoms with Crippen molar-refractivity contribution in [3.63, 3.8) is 0 Å². The molecule has 10 heteroatoms. The van der Waals surface area contributed by atoms with Crippen molar-refractivity contribution < 1.29 is 37.6 Å². The van der Waals surface area contributed by atoms with Gasteiger partial charge >= 0.3 is 19.8 Å². The molecule has 0 aromatic rings. The molecule has 0 bridgehead atoms. The first-order chi connectivity index (χ1) is 30.7. The van der Waals surface area contributed by atoms with E-state index in [1.165, 1.54) is 96.3 Å². The van der Waals surface area contributed by atoms with Crippen LogP contribution < -0.4 is 0 Å². The molecule has 63 heavy (non-hydrogen) atoms. The molecule has 0 spiro atoms. The number of unbranched alkanes of at least 4 members (excludes halogenated alkanes) is 20. The van der Waals surface area contributed by atoms with Gasteiger partial charge in [0.1, 0.15) is 6.61 Å². The van der Waals surface area contributed by atoms with Crippen LogP contribution in [0.3, 0.4) is 0 Å². The van der Waals surface area contributed by atoms with E-state index in [0.717, 1.165) is 70.6 Å². The van der Waals surface area contributed by atoms with Gasteiger partial charge in [-0.15, -0.1) is 0 Å². The first-order valence-electron chi connectivity index (χ1n) is 25.2. The summed E-state index contributed by atoms with van der Waals surface area (Å²) in [7, 11) is -0.734. The number of rotatable bonds is 46. The zero-order valence-corrected chi connectivity index (χ0v) is 41.6. The van der Waals surface area contributed by atoms with Crippen molar-refractivity contribution >= 4 is 19.8 Å². The number of carbonyl (C=O) groups excluding carboxylic acids is 2. The van der Waals surface area contributed by atoms with Crippen LogP contribution in [0.15, 0.2) is 72.9 Å². The van der Waals surface area contributed by atoms with Crippen molar-refractivity contribution in [3.05, 3.63) is 72.9 Å². The minimum absolute atomic E-state index is 0.00121. The zero-order chi connectivity index (χ0) is 46.2. The summed E-state index contributed by atoms with van der Waals surface area (Å²) < 4.78 is 33.6. The van der Waals surface area contributed by atoms with Crippen LogP contribution in [0, 0.1) is 0 Å². The second kappa shape index (κ2) is 47.4. The lowest BCUT2D eigenvalue weighted by Gasteiger charge is -2.20. The van der Waals surface area contributed by atoms with Crippen LogP contribution in [-0.2, 0) is 32.7 Å². The lowest BCUT2D eigenvalue weighted by atomic mass is 10.0. The molecule has 0 aromatic heterocycles. The number of phosphoric acid groups is 1. The monoisotopic (exact) mass is 904 g/mol. The normalized spacial score (nSPS) is 13.9. The largest absolute Gasteiger partial charge is 0.472 e. The van der Waals surface area contributed by atoms with E-state index in [9.17, 15) is 19.0 Å². The summed E-state index contributed by atoms with van der Waals surface area (Å²) in [6.45, 7) is 4.18. The van der Waals surface area contributed by atoms with E-state index in [0.29, 0.717) is 19.4 Å². The highest BCUT2D eigenvalue weighted by atomic mass is 31.2. The van der Waals surface area contributed by atoms with Crippen LogP contribution in [0.25, 0.3) is 0 Å². The van der Waals surface area contributed by atoms with Crippen molar-refractivity contribution in [3.8, 4) is 0 Å². The Morgan fingerprint density at radius 2 is 0.905 bits per heavy atom. The fourth-order valence-electron chi connectivity index (χ4n) is 6.65. The first-order valence-corrected chi connectivity index (χ1v) is 26.7. The van der Waals surface area contributed by atoms with Crippen LogP contribution in [0.1, 0.15) is 206 Å². The van der Waals surface area contributed by atoms with Gasteiger partial charge in [-0.3, -0.25) is 18.6 Å². The molecule has 0 aromatic carbocycles. The zero-order valence-electron chi connectivity index (χ0n) is 40.7. The summed E-state index contributed by atoms with van der Waals surface area (Å²) in [5.41, 5.74) is 0. The third kappa shape index (κ3) is 48.7. The van der Waals surface area contributed by atoms with Crippen LogP contribution in [0.4, 0.5) is 0 Å². The van der Waals surface area contributed by atoms with Crippen molar-refractivity contribution in [2.45, 2.75) is 213 Å². The molecule has 0 radical (unpaired) electrons. The Bertz CT molecular complexity index is 1270. The minimum atomic E-state index is -4.38. The van der Waals surface area contributed by atoms with Crippen LogP contribution in [0.5, 0.6) is 0 Å². The molecule has 2 atom stereocenters. The van der Waals surface area contributed by atoms with Gasteiger partial charge in [-0.05, 0) is 97.6 Å². The van der Waals surface area contributed by atoms with Crippen LogP contribution in [-0.4, -0.2) is 68.3 Å². The lowest BCUT2D eigenvalue weighted by molar-refractivity contribution is -0.161. The van der Waals surface area contributed by atoms with Crippen LogP contribution in [0.2, 0.25) is 0 Å². The molecule has 9 nitrogen and oxygen atoms in total. The third-order valence-corrected chi connectivity index (χ3v) is 11.5. The summed E-state index contributed by atoms with van der Waals surface area (Å²) in [6.07, 6.45) is 58.1. The predicted octanol–water partition coefficient (Wildman–Crippen LogP) is 15.2. The highest BCUT2D eigenvalue weighted by Crippen LogP contribution is 2.43. The summed E-state index contributed by atoms with van der Waals surface area (Å²) in [4.78, 5) is 37.2. The van der Waals surface area contributed by atoms with Gasteiger partial charge in [0.2, 0.25) is 0 Å². The smallest absolute Gasteiger partial charge is 0.462 e. The Hall–Kier alpha value is -2.55. The van der Waals surface area contributed by atoms with E-state index < -0.39 is 32.5 Å². The standard InChI is InChI=1S/C53H94NO8P/c1-5-7-9-11-13-15-17-19-21-23-25-26-28-30-32-34-36-38-40-42-44-46-53(56)62-51(50-61-63(57,58)60-48-47-54(3)4)49-59-52(55)45-43-41-39-37-35-33-31-29-27-24-22-20-18-16-14-12-10-8-6-2/h8,10,14,16,19-22,27,29,33,35,51H,5-7,9,11-13,15,17-18,23-26,28,30-32,34,36-50H2,1-4H3,(H,57,58)/b10-8-,16-14-,21-19-,22-20-,29-27-,35-33-. The molecule has 0 saturated heterocycles. The van der Waals surface area contributed by atoms with E-state index in [1.807, 2.05) is 19.0 Å². The molecule has 364 valence electrons. The van der Waals surface area contributed by atoms with Gasteiger partial charge in [0, 0.05) is 19.4 Å². The Morgan fingerprint density at radius 3 is 1.38 bits per heavy atom. The highest BCUT2D eigenvalue weighted by molar-refractivity contribution is 7.47. The Morgan fingerprint density at radius 1 is 0.508 bits per heavy atom. The van der Waals surface area contributed by atoms with Crippen molar-refractivity contribution in [1.29, 1.82) is 0 Å². The van der Waals surface area contributed by atoms with E-state index in [-0.39, 0.29) is 26.1 Å². The van der Waals surface area contributed by atoms with Crippen molar-refractivity contribution in [2.24, 2.45) is 0 Å². The number of allylic oxidation sites excluding steroid dienone is 12. The SMILES string of the molecule is CC/C=C\C/C=C\C/C=C\C/C=C\C/C=C\CCCCCC(=O)OCC(COP(=O)(O)OCCN(C)C)OC(=O)CCCCCCCCCCCCC/C=C\CCCCCCCC. The van der Waals surface area contributed by atoms with Gasteiger partial charge in [0.25, 0.3) is 0 Å². The Labute approximate surface area is 386 Å². The minimum Gasteiger partial charge on any atom is -0.462 e. The average Bonchev–Trinajstić information content (AvgIpc) is 3.25. The molecule has 0 aliphatic rings. The topological polar surface area (TPSA) is 112 Å². The highest BCUT2D eigenvalue weighted by Gasteiger charge is 2.26. The predicted molar refractivity (Wildman–Crippen MR) is 266 cm³/mol. The fourth-order valence-corrected chi connectivity index (χ4v) is 7.39.